The van der Waals surface area contributed by atoms with Crippen molar-refractivity contribution < 1.29 is 23.1 Å². The SMILES string of the molecule is CC(C(=O)O)S(=O)(=O)C(C)C(=O)N1CCCCCC1. The number of carboxylic acids is 1. The molecule has 19 heavy (non-hydrogen) atoms. The number of amides is 1. The van der Waals surface area contributed by atoms with Crippen LogP contribution in [-0.4, -0.2) is 53.9 Å². The van der Waals surface area contributed by atoms with Crippen LogP contribution in [0.4, 0.5) is 0 Å². The van der Waals surface area contributed by atoms with Crippen LogP contribution in [0.5, 0.6) is 0 Å². The van der Waals surface area contributed by atoms with E-state index in [2.05, 4.69) is 0 Å². The average Bonchev–Trinajstić information content (AvgIpc) is 2.64. The van der Waals surface area contributed by atoms with Crippen molar-refractivity contribution in [3.63, 3.8) is 0 Å². The normalized spacial score (nSPS) is 20.4. The second kappa shape index (κ2) is 6.36. The Balaban J connectivity index is 2.83. The summed E-state index contributed by atoms with van der Waals surface area (Å²) < 4.78 is 24.0. The first kappa shape index (κ1) is 15.9. The number of nitrogens with zero attached hydrogens (tertiary/aromatic N) is 1. The summed E-state index contributed by atoms with van der Waals surface area (Å²) in [7, 11) is -3.99. The molecular weight excluding hydrogens is 270 g/mol. The van der Waals surface area contributed by atoms with Gasteiger partial charge in [0.05, 0.1) is 0 Å². The van der Waals surface area contributed by atoms with Gasteiger partial charge in [0.15, 0.2) is 15.1 Å². The highest BCUT2D eigenvalue weighted by molar-refractivity contribution is 7.94. The van der Waals surface area contributed by atoms with Gasteiger partial charge in [-0.15, -0.1) is 0 Å². The largest absolute Gasteiger partial charge is 0.480 e. The monoisotopic (exact) mass is 291 g/mol. The molecule has 1 amide bonds. The van der Waals surface area contributed by atoms with Crippen LogP contribution in [-0.2, 0) is 19.4 Å². The van der Waals surface area contributed by atoms with Gasteiger partial charge in [0.25, 0.3) is 0 Å². The molecule has 6 nitrogen and oxygen atoms in total. The van der Waals surface area contributed by atoms with E-state index in [0.717, 1.165) is 32.6 Å². The van der Waals surface area contributed by atoms with Gasteiger partial charge in [-0.25, -0.2) is 8.42 Å². The van der Waals surface area contributed by atoms with E-state index in [9.17, 15) is 18.0 Å². The zero-order chi connectivity index (χ0) is 14.6. The minimum absolute atomic E-state index is 0.477. The van der Waals surface area contributed by atoms with Crippen LogP contribution >= 0.6 is 0 Å². The van der Waals surface area contributed by atoms with E-state index >= 15 is 0 Å². The van der Waals surface area contributed by atoms with E-state index in [1.54, 1.807) is 4.90 Å². The Kier molecular flexibility index (Phi) is 5.34. The molecule has 0 spiro atoms. The van der Waals surface area contributed by atoms with Crippen molar-refractivity contribution in [2.75, 3.05) is 13.1 Å². The molecule has 0 aromatic carbocycles. The molecule has 1 heterocycles. The molecular formula is C12H21NO5S. The third kappa shape index (κ3) is 3.68. The second-order valence-corrected chi connectivity index (χ2v) is 7.54. The average molecular weight is 291 g/mol. The van der Waals surface area contributed by atoms with Gasteiger partial charge in [-0.3, -0.25) is 9.59 Å². The molecule has 7 heteroatoms. The fraction of sp³-hybridized carbons (Fsp3) is 0.833. The van der Waals surface area contributed by atoms with Gasteiger partial charge < -0.3 is 10.0 Å². The van der Waals surface area contributed by atoms with Crippen molar-refractivity contribution >= 4 is 21.7 Å². The maximum Gasteiger partial charge on any atom is 0.321 e. The maximum atomic E-state index is 12.2. The van der Waals surface area contributed by atoms with Crippen molar-refractivity contribution in [1.29, 1.82) is 0 Å². The van der Waals surface area contributed by atoms with Gasteiger partial charge in [0.1, 0.15) is 5.25 Å². The highest BCUT2D eigenvalue weighted by Gasteiger charge is 2.38. The molecule has 0 aromatic rings. The topological polar surface area (TPSA) is 91.7 Å². The first-order valence-electron chi connectivity index (χ1n) is 6.52. The number of aliphatic carboxylic acids is 1. The molecule has 1 saturated heterocycles. The van der Waals surface area contributed by atoms with Gasteiger partial charge in [0, 0.05) is 13.1 Å². The molecule has 1 aliphatic rings. The van der Waals surface area contributed by atoms with Crippen molar-refractivity contribution in [3.8, 4) is 0 Å². The molecule has 0 bridgehead atoms. The lowest BCUT2D eigenvalue weighted by atomic mass is 10.2. The lowest BCUT2D eigenvalue weighted by Crippen LogP contribution is -2.46. The Bertz CT molecular complexity index is 437. The van der Waals surface area contributed by atoms with Crippen molar-refractivity contribution in [1.82, 2.24) is 4.90 Å². The van der Waals surface area contributed by atoms with Crippen molar-refractivity contribution in [3.05, 3.63) is 0 Å². The molecule has 0 aromatic heterocycles. The predicted octanol–water partition coefficient (Wildman–Crippen LogP) is 0.665. The number of hydrogen-bond acceptors (Lipinski definition) is 4. The molecule has 1 fully saturated rings. The van der Waals surface area contributed by atoms with Crippen LogP contribution in [0.15, 0.2) is 0 Å². The lowest BCUT2D eigenvalue weighted by Gasteiger charge is -2.25. The molecule has 0 radical (unpaired) electrons. The number of carboxylic acid groups (broad SMARTS) is 1. The quantitative estimate of drug-likeness (QED) is 0.821. The summed E-state index contributed by atoms with van der Waals surface area (Å²) in [6.07, 6.45) is 3.81. The van der Waals surface area contributed by atoms with Gasteiger partial charge in [-0.1, -0.05) is 12.8 Å². The Morgan fingerprint density at radius 3 is 1.89 bits per heavy atom. The Morgan fingerprint density at radius 2 is 1.47 bits per heavy atom. The summed E-state index contributed by atoms with van der Waals surface area (Å²) in [4.78, 5) is 24.5. The van der Waals surface area contributed by atoms with E-state index in [1.807, 2.05) is 0 Å². The predicted molar refractivity (Wildman–Crippen MR) is 70.5 cm³/mol. The fourth-order valence-corrected chi connectivity index (χ4v) is 3.46. The number of hydrogen-bond donors (Lipinski definition) is 1. The third-order valence-corrected chi connectivity index (χ3v) is 5.97. The van der Waals surface area contributed by atoms with Gasteiger partial charge in [-0.05, 0) is 26.7 Å². The van der Waals surface area contributed by atoms with E-state index in [-0.39, 0.29) is 0 Å². The Morgan fingerprint density at radius 1 is 1.00 bits per heavy atom. The standard InChI is InChI=1S/C12H21NO5S/c1-9(19(17,18)10(2)12(15)16)11(14)13-7-5-3-4-6-8-13/h9-10H,3-8H2,1-2H3,(H,15,16). The minimum atomic E-state index is -3.99. The van der Waals surface area contributed by atoms with Crippen LogP contribution < -0.4 is 0 Å². The number of carbonyl (C=O) groups is 2. The minimum Gasteiger partial charge on any atom is -0.480 e. The Labute approximate surface area is 113 Å². The molecule has 110 valence electrons. The summed E-state index contributed by atoms with van der Waals surface area (Å²) in [6, 6.07) is 0. The highest BCUT2D eigenvalue weighted by atomic mass is 32.2. The summed E-state index contributed by atoms with van der Waals surface area (Å²) in [5.41, 5.74) is 0. The summed E-state index contributed by atoms with van der Waals surface area (Å²) >= 11 is 0. The number of sulfone groups is 1. The van der Waals surface area contributed by atoms with E-state index < -0.39 is 32.2 Å². The zero-order valence-electron chi connectivity index (χ0n) is 11.3. The summed E-state index contributed by atoms with van der Waals surface area (Å²) in [5, 5.41) is 5.95. The van der Waals surface area contributed by atoms with Crippen LogP contribution in [0.1, 0.15) is 39.5 Å². The number of likely N-dealkylation sites (tertiary alicyclic amines) is 1. The zero-order valence-corrected chi connectivity index (χ0v) is 12.1. The number of rotatable bonds is 4. The first-order valence-corrected chi connectivity index (χ1v) is 8.13. The fourth-order valence-electron chi connectivity index (χ4n) is 2.14. The van der Waals surface area contributed by atoms with Gasteiger partial charge >= 0.3 is 5.97 Å². The summed E-state index contributed by atoms with van der Waals surface area (Å²) in [5.74, 6) is -1.90. The van der Waals surface area contributed by atoms with E-state index in [0.29, 0.717) is 13.1 Å². The third-order valence-electron chi connectivity index (χ3n) is 3.60. The summed E-state index contributed by atoms with van der Waals surface area (Å²) in [6.45, 7) is 3.49. The van der Waals surface area contributed by atoms with E-state index in [1.165, 1.54) is 6.92 Å². The number of carbonyl (C=O) groups excluding carboxylic acids is 1. The molecule has 0 saturated carbocycles. The molecule has 1 rings (SSSR count). The smallest absolute Gasteiger partial charge is 0.321 e. The first-order chi connectivity index (χ1) is 8.78. The van der Waals surface area contributed by atoms with Crippen molar-refractivity contribution in [2.45, 2.75) is 50.0 Å². The lowest BCUT2D eigenvalue weighted by molar-refractivity contribution is -0.136. The van der Waals surface area contributed by atoms with Gasteiger partial charge in [0.2, 0.25) is 5.91 Å². The van der Waals surface area contributed by atoms with Gasteiger partial charge in [-0.2, -0.15) is 0 Å². The molecule has 2 atom stereocenters. The van der Waals surface area contributed by atoms with Crippen molar-refractivity contribution in [2.24, 2.45) is 0 Å². The van der Waals surface area contributed by atoms with E-state index in [4.69, 9.17) is 5.11 Å². The van der Waals surface area contributed by atoms with Crippen LogP contribution in [0.25, 0.3) is 0 Å². The molecule has 2 unspecified atom stereocenters. The maximum absolute atomic E-state index is 12.2. The molecule has 0 aliphatic carbocycles. The van der Waals surface area contributed by atoms with Crippen LogP contribution in [0.2, 0.25) is 0 Å². The van der Waals surface area contributed by atoms with Crippen LogP contribution in [0.3, 0.4) is 0 Å². The molecule has 1 N–H and O–H groups in total. The molecule has 1 aliphatic heterocycles. The Hall–Kier alpha value is -1.11. The highest BCUT2D eigenvalue weighted by Crippen LogP contribution is 2.16. The van der Waals surface area contributed by atoms with Crippen LogP contribution in [0, 0.1) is 0 Å². The second-order valence-electron chi connectivity index (χ2n) is 4.95.